The molecule has 0 spiro atoms. The fraction of sp³-hybridized carbons (Fsp3) is 0.944. The minimum atomic E-state index is 0.104. The highest BCUT2D eigenvalue weighted by Crippen LogP contribution is 2.39. The maximum atomic E-state index is 12.4. The summed E-state index contributed by atoms with van der Waals surface area (Å²) in [5.41, 5.74) is 0. The number of piperidine rings is 1. The minimum Gasteiger partial charge on any atom is -0.351 e. The molecule has 4 heteroatoms. The largest absolute Gasteiger partial charge is 0.351 e. The Morgan fingerprint density at radius 3 is 2.55 bits per heavy atom. The van der Waals surface area contributed by atoms with Crippen LogP contribution in [-0.4, -0.2) is 47.6 Å². The van der Waals surface area contributed by atoms with Crippen LogP contribution in [0.1, 0.15) is 59.8 Å². The van der Waals surface area contributed by atoms with Gasteiger partial charge in [0.05, 0.1) is 0 Å². The van der Waals surface area contributed by atoms with Crippen LogP contribution < -0.4 is 10.6 Å². The highest BCUT2D eigenvalue weighted by Gasteiger charge is 2.51. The van der Waals surface area contributed by atoms with Crippen LogP contribution in [0.4, 0.5) is 0 Å². The van der Waals surface area contributed by atoms with Crippen LogP contribution in [0.25, 0.3) is 0 Å². The second kappa shape index (κ2) is 6.48. The van der Waals surface area contributed by atoms with Gasteiger partial charge in [0.25, 0.3) is 0 Å². The van der Waals surface area contributed by atoms with Crippen molar-refractivity contribution in [1.29, 1.82) is 0 Å². The van der Waals surface area contributed by atoms with Crippen LogP contribution in [-0.2, 0) is 4.79 Å². The number of nitrogens with zero attached hydrogens (tertiary/aromatic N) is 1. The molecule has 2 aliphatic heterocycles. The van der Waals surface area contributed by atoms with E-state index in [0.29, 0.717) is 24.2 Å². The second-order valence-electron chi connectivity index (χ2n) is 8.03. The van der Waals surface area contributed by atoms with Gasteiger partial charge in [-0.15, -0.1) is 0 Å². The lowest BCUT2D eigenvalue weighted by Gasteiger charge is -2.45. The molecule has 1 saturated carbocycles. The standard InChI is InChI=1S/C18H33N3O/c1-5-12(4)15-9-8-14(10-21(15)11(2)3)19-18(22)17-16(20-17)13-6-7-13/h11-17,20H,5-10H2,1-4H3,(H,19,22)/t12?,14?,15?,16?,17-/m1/s1. The van der Waals surface area contributed by atoms with Gasteiger partial charge in [-0.3, -0.25) is 15.0 Å². The summed E-state index contributed by atoms with van der Waals surface area (Å²) in [6.45, 7) is 10.2. The van der Waals surface area contributed by atoms with E-state index in [1.807, 2.05) is 0 Å². The maximum absolute atomic E-state index is 12.4. The molecule has 4 nitrogen and oxygen atoms in total. The van der Waals surface area contributed by atoms with E-state index in [0.717, 1.165) is 24.8 Å². The lowest BCUT2D eigenvalue weighted by Crippen LogP contribution is -2.56. The van der Waals surface area contributed by atoms with Gasteiger partial charge >= 0.3 is 0 Å². The van der Waals surface area contributed by atoms with E-state index >= 15 is 0 Å². The first-order valence-electron chi connectivity index (χ1n) is 9.33. The van der Waals surface area contributed by atoms with Gasteiger partial charge < -0.3 is 5.32 Å². The van der Waals surface area contributed by atoms with Crippen LogP contribution >= 0.6 is 0 Å². The molecule has 22 heavy (non-hydrogen) atoms. The van der Waals surface area contributed by atoms with E-state index in [-0.39, 0.29) is 11.9 Å². The Bertz CT molecular complexity index is 407. The van der Waals surface area contributed by atoms with Gasteiger partial charge in [0, 0.05) is 30.7 Å². The monoisotopic (exact) mass is 307 g/mol. The molecule has 126 valence electrons. The molecule has 2 N–H and O–H groups in total. The number of nitrogens with one attached hydrogen (secondary N) is 2. The number of hydrogen-bond acceptors (Lipinski definition) is 3. The van der Waals surface area contributed by atoms with Crippen molar-refractivity contribution >= 4 is 5.91 Å². The van der Waals surface area contributed by atoms with E-state index in [4.69, 9.17) is 0 Å². The summed E-state index contributed by atoms with van der Waals surface area (Å²) < 4.78 is 0. The average molecular weight is 307 g/mol. The van der Waals surface area contributed by atoms with Crippen molar-refractivity contribution < 1.29 is 4.79 Å². The van der Waals surface area contributed by atoms with Crippen molar-refractivity contribution in [3.05, 3.63) is 0 Å². The first-order valence-corrected chi connectivity index (χ1v) is 9.33. The van der Waals surface area contributed by atoms with Crippen LogP contribution in [0, 0.1) is 11.8 Å². The Balaban J connectivity index is 1.51. The molecule has 0 aromatic heterocycles. The van der Waals surface area contributed by atoms with Crippen molar-refractivity contribution in [2.75, 3.05) is 6.54 Å². The molecule has 3 aliphatic rings. The Morgan fingerprint density at radius 2 is 1.95 bits per heavy atom. The van der Waals surface area contributed by atoms with Gasteiger partial charge in [0.1, 0.15) is 6.04 Å². The number of hydrogen-bond donors (Lipinski definition) is 2. The third kappa shape index (κ3) is 3.48. The molecular formula is C18H33N3O. The molecule has 3 rings (SSSR count). The first kappa shape index (κ1) is 16.3. The Kier molecular flexibility index (Phi) is 4.79. The highest BCUT2D eigenvalue weighted by atomic mass is 16.2. The molecule has 5 atom stereocenters. The third-order valence-corrected chi connectivity index (χ3v) is 6.01. The predicted molar refractivity (Wildman–Crippen MR) is 89.7 cm³/mol. The smallest absolute Gasteiger partial charge is 0.239 e. The third-order valence-electron chi connectivity index (χ3n) is 6.01. The summed E-state index contributed by atoms with van der Waals surface area (Å²) in [6.07, 6.45) is 6.19. The van der Waals surface area contributed by atoms with E-state index in [1.54, 1.807) is 0 Å². The molecule has 2 saturated heterocycles. The summed E-state index contributed by atoms with van der Waals surface area (Å²) >= 11 is 0. The molecule has 1 aliphatic carbocycles. The molecule has 3 fully saturated rings. The zero-order valence-electron chi connectivity index (χ0n) is 14.6. The van der Waals surface area contributed by atoms with E-state index in [1.165, 1.54) is 25.7 Å². The van der Waals surface area contributed by atoms with Gasteiger partial charge in [-0.25, -0.2) is 0 Å². The molecule has 0 aromatic carbocycles. The lowest BCUT2D eigenvalue weighted by atomic mass is 9.87. The molecular weight excluding hydrogens is 274 g/mol. The van der Waals surface area contributed by atoms with Crippen LogP contribution in [0.5, 0.6) is 0 Å². The molecule has 4 unspecified atom stereocenters. The first-order chi connectivity index (χ1) is 10.5. The number of rotatable bonds is 6. The predicted octanol–water partition coefficient (Wildman–Crippen LogP) is 2.14. The molecule has 0 aromatic rings. The van der Waals surface area contributed by atoms with Crippen molar-refractivity contribution in [3.8, 4) is 0 Å². The fourth-order valence-electron chi connectivity index (χ4n) is 4.16. The highest BCUT2D eigenvalue weighted by molar-refractivity contribution is 5.86. The number of amides is 1. The van der Waals surface area contributed by atoms with Crippen molar-refractivity contribution in [2.45, 2.75) is 90.0 Å². The normalized spacial score (nSPS) is 37.1. The van der Waals surface area contributed by atoms with E-state index < -0.39 is 0 Å². The number of carbonyl (C=O) groups excluding carboxylic acids is 1. The Hall–Kier alpha value is -0.610. The molecule has 0 radical (unpaired) electrons. The van der Waals surface area contributed by atoms with Gasteiger partial charge in [0.2, 0.25) is 5.91 Å². The van der Waals surface area contributed by atoms with E-state index in [2.05, 4.69) is 43.2 Å². The van der Waals surface area contributed by atoms with Crippen molar-refractivity contribution in [3.63, 3.8) is 0 Å². The fourth-order valence-corrected chi connectivity index (χ4v) is 4.16. The molecule has 0 bridgehead atoms. The van der Waals surface area contributed by atoms with Gasteiger partial charge in [0.15, 0.2) is 0 Å². The van der Waals surface area contributed by atoms with E-state index in [9.17, 15) is 4.79 Å². The van der Waals surface area contributed by atoms with Crippen LogP contribution in [0.2, 0.25) is 0 Å². The van der Waals surface area contributed by atoms with Gasteiger partial charge in [-0.05, 0) is 51.4 Å². The Labute approximate surface area is 135 Å². The number of carbonyl (C=O) groups is 1. The molecule has 1 amide bonds. The van der Waals surface area contributed by atoms with Gasteiger partial charge in [-0.1, -0.05) is 20.3 Å². The molecule has 2 heterocycles. The average Bonchev–Trinajstić information content (AvgIpc) is 3.37. The van der Waals surface area contributed by atoms with Crippen molar-refractivity contribution in [2.24, 2.45) is 11.8 Å². The SMILES string of the molecule is CCC(C)C1CCC(NC(=O)[C@@H]2NC2C2CC2)CN1C(C)C. The zero-order chi connectivity index (χ0) is 15.9. The number of likely N-dealkylation sites (tertiary alicyclic amines) is 1. The Morgan fingerprint density at radius 1 is 1.23 bits per heavy atom. The topological polar surface area (TPSA) is 54.3 Å². The second-order valence-corrected chi connectivity index (χ2v) is 8.03. The summed E-state index contributed by atoms with van der Waals surface area (Å²) in [5, 5.41) is 6.68. The maximum Gasteiger partial charge on any atom is 0.239 e. The minimum absolute atomic E-state index is 0.104. The summed E-state index contributed by atoms with van der Waals surface area (Å²) in [7, 11) is 0. The van der Waals surface area contributed by atoms with Crippen molar-refractivity contribution in [1.82, 2.24) is 15.5 Å². The quantitative estimate of drug-likeness (QED) is 0.739. The summed E-state index contributed by atoms with van der Waals surface area (Å²) in [4.78, 5) is 15.0. The van der Waals surface area contributed by atoms with Gasteiger partial charge in [-0.2, -0.15) is 0 Å². The zero-order valence-corrected chi connectivity index (χ0v) is 14.6. The lowest BCUT2D eigenvalue weighted by molar-refractivity contribution is -0.122. The summed E-state index contributed by atoms with van der Waals surface area (Å²) in [5.74, 6) is 1.76. The van der Waals surface area contributed by atoms with Crippen LogP contribution in [0.15, 0.2) is 0 Å². The van der Waals surface area contributed by atoms with Crippen LogP contribution in [0.3, 0.4) is 0 Å². The summed E-state index contributed by atoms with van der Waals surface area (Å²) in [6, 6.07) is 2.15.